The molecule has 4 rings (SSSR count). The molecule has 38 heavy (non-hydrogen) atoms. The second-order valence-electron chi connectivity index (χ2n) is 10.4. The lowest BCUT2D eigenvalue weighted by Crippen LogP contribution is -2.41. The number of benzene rings is 2. The molecule has 3 aromatic rings. The van der Waals surface area contributed by atoms with E-state index in [2.05, 4.69) is 20.2 Å². The van der Waals surface area contributed by atoms with Gasteiger partial charge in [-0.15, -0.1) is 0 Å². The Bertz CT molecular complexity index is 1190. The average Bonchev–Trinajstić information content (AvgIpc) is 2.89. The molecule has 1 N–H and O–H groups in total. The summed E-state index contributed by atoms with van der Waals surface area (Å²) in [6.45, 7) is 10.1. The number of hydrogen-bond acceptors (Lipinski definition) is 7. The van der Waals surface area contributed by atoms with E-state index in [1.54, 1.807) is 12.4 Å². The molecule has 0 spiro atoms. The number of anilines is 2. The number of amides is 1. The Kier molecular flexibility index (Phi) is 9.05. The molecule has 2 aromatic carbocycles. The third kappa shape index (κ3) is 8.10. The molecule has 1 amide bonds. The summed E-state index contributed by atoms with van der Waals surface area (Å²) in [4.78, 5) is 23.8. The van der Waals surface area contributed by atoms with Gasteiger partial charge in [-0.2, -0.15) is 0 Å². The Hall–Kier alpha value is -3.81. The van der Waals surface area contributed by atoms with Crippen molar-refractivity contribution in [3.63, 3.8) is 0 Å². The van der Waals surface area contributed by atoms with Crippen LogP contribution in [0.5, 0.6) is 17.2 Å². The van der Waals surface area contributed by atoms with E-state index in [1.165, 1.54) is 0 Å². The van der Waals surface area contributed by atoms with Gasteiger partial charge in [-0.3, -0.25) is 9.78 Å². The zero-order valence-corrected chi connectivity index (χ0v) is 22.8. The molecule has 0 bridgehead atoms. The van der Waals surface area contributed by atoms with Crippen LogP contribution in [-0.4, -0.2) is 47.3 Å². The fraction of sp³-hybridized carbons (Fsp3) is 0.433. The molecule has 1 unspecified atom stereocenters. The van der Waals surface area contributed by atoms with E-state index in [0.29, 0.717) is 31.8 Å². The second kappa shape index (κ2) is 12.6. The maximum absolute atomic E-state index is 12.6. The molecule has 1 atom stereocenters. The Labute approximate surface area is 225 Å². The van der Waals surface area contributed by atoms with Gasteiger partial charge >= 0.3 is 0 Å². The van der Waals surface area contributed by atoms with Gasteiger partial charge < -0.3 is 24.4 Å². The van der Waals surface area contributed by atoms with Gasteiger partial charge in [-0.25, -0.2) is 4.98 Å². The third-order valence-corrected chi connectivity index (χ3v) is 6.02. The lowest BCUT2D eigenvalue weighted by molar-refractivity contribution is -0.116. The largest absolute Gasteiger partial charge is 0.490 e. The molecule has 1 aliphatic heterocycles. The number of carbonyl (C=O) groups is 1. The zero-order valence-electron chi connectivity index (χ0n) is 22.8. The molecule has 202 valence electrons. The summed E-state index contributed by atoms with van der Waals surface area (Å²) < 4.78 is 17.9. The average molecular weight is 519 g/mol. The number of nitrogens with zero attached hydrogens (tertiary/aromatic N) is 3. The minimum Gasteiger partial charge on any atom is -0.490 e. The number of piperidine rings is 1. The van der Waals surface area contributed by atoms with Gasteiger partial charge in [0, 0.05) is 13.0 Å². The summed E-state index contributed by atoms with van der Waals surface area (Å²) in [5, 5.41) is 2.89. The van der Waals surface area contributed by atoms with Crippen molar-refractivity contribution in [1.29, 1.82) is 0 Å². The summed E-state index contributed by atoms with van der Waals surface area (Å²) in [6, 6.07) is 15.6. The molecule has 0 radical (unpaired) electrons. The number of ether oxygens (including phenoxy) is 3. The van der Waals surface area contributed by atoms with E-state index in [9.17, 15) is 4.79 Å². The van der Waals surface area contributed by atoms with Crippen LogP contribution in [-0.2, 0) is 11.2 Å². The van der Waals surface area contributed by atoms with Crippen molar-refractivity contribution in [2.24, 2.45) is 0 Å². The Morgan fingerprint density at radius 1 is 1.08 bits per heavy atom. The van der Waals surface area contributed by atoms with Crippen molar-refractivity contribution in [2.75, 3.05) is 29.9 Å². The summed E-state index contributed by atoms with van der Waals surface area (Å²) in [7, 11) is 0. The summed E-state index contributed by atoms with van der Waals surface area (Å²) >= 11 is 0. The lowest BCUT2D eigenvalue weighted by atomic mass is 10.1. The van der Waals surface area contributed by atoms with Gasteiger partial charge in [0.2, 0.25) is 5.91 Å². The van der Waals surface area contributed by atoms with Crippen LogP contribution in [0.4, 0.5) is 11.6 Å². The monoisotopic (exact) mass is 518 g/mol. The van der Waals surface area contributed by atoms with Crippen LogP contribution in [0, 0.1) is 0 Å². The zero-order chi connectivity index (χ0) is 27.0. The van der Waals surface area contributed by atoms with Gasteiger partial charge in [0.1, 0.15) is 23.3 Å². The first-order valence-corrected chi connectivity index (χ1v) is 13.3. The van der Waals surface area contributed by atoms with Crippen molar-refractivity contribution < 1.29 is 19.0 Å². The van der Waals surface area contributed by atoms with E-state index in [1.807, 2.05) is 76.2 Å². The highest BCUT2D eigenvalue weighted by Gasteiger charge is 2.24. The fourth-order valence-electron chi connectivity index (χ4n) is 4.35. The Balaban J connectivity index is 1.30. The van der Waals surface area contributed by atoms with E-state index < -0.39 is 0 Å². The van der Waals surface area contributed by atoms with Crippen molar-refractivity contribution in [1.82, 2.24) is 9.97 Å². The van der Waals surface area contributed by atoms with Gasteiger partial charge in [0.15, 0.2) is 17.3 Å². The van der Waals surface area contributed by atoms with E-state index >= 15 is 0 Å². The molecule has 1 saturated heterocycles. The van der Waals surface area contributed by atoms with Gasteiger partial charge in [0.05, 0.1) is 25.5 Å². The first-order valence-electron chi connectivity index (χ1n) is 13.3. The third-order valence-electron chi connectivity index (χ3n) is 6.02. The number of rotatable bonds is 10. The predicted molar refractivity (Wildman–Crippen MR) is 149 cm³/mol. The smallest absolute Gasteiger partial charge is 0.225 e. The van der Waals surface area contributed by atoms with Crippen LogP contribution in [0.1, 0.15) is 52.5 Å². The van der Waals surface area contributed by atoms with Crippen molar-refractivity contribution in [3.8, 4) is 17.2 Å². The number of nitrogens with one attached hydrogen (secondary N) is 1. The highest BCUT2D eigenvalue weighted by atomic mass is 16.5. The molecular formula is C30H38N4O4. The van der Waals surface area contributed by atoms with E-state index in [-0.39, 0.29) is 17.6 Å². The number of para-hydroxylation sites is 2. The summed E-state index contributed by atoms with van der Waals surface area (Å²) in [6.07, 6.45) is 6.21. The standard InChI is InChI=1S/C30H38N4O4/c1-5-36-25-10-6-7-11-26(25)37-24-9-8-18-34(21-24)28-20-31-19-27(32-28)33-29(35)17-14-22-12-15-23(16-13-22)38-30(2,3)4/h6-7,10-13,15-16,19-20,24H,5,8-9,14,17-18,21H2,1-4H3,(H,32,33,35). The molecule has 8 heteroatoms. The highest BCUT2D eigenvalue weighted by molar-refractivity contribution is 5.89. The number of aromatic nitrogens is 2. The predicted octanol–water partition coefficient (Wildman–Crippen LogP) is 5.67. The molecule has 8 nitrogen and oxygen atoms in total. The molecule has 2 heterocycles. The van der Waals surface area contributed by atoms with Gasteiger partial charge in [-0.05, 0) is 76.8 Å². The number of aryl methyl sites for hydroxylation is 1. The van der Waals surface area contributed by atoms with E-state index in [0.717, 1.165) is 48.0 Å². The molecule has 1 fully saturated rings. The molecule has 0 aliphatic carbocycles. The van der Waals surface area contributed by atoms with Crippen molar-refractivity contribution in [2.45, 2.75) is 65.1 Å². The molecule has 1 aliphatic rings. The lowest BCUT2D eigenvalue weighted by Gasteiger charge is -2.33. The summed E-state index contributed by atoms with van der Waals surface area (Å²) in [5.74, 6) is 3.41. The topological polar surface area (TPSA) is 85.8 Å². The van der Waals surface area contributed by atoms with Crippen LogP contribution >= 0.6 is 0 Å². The fourth-order valence-corrected chi connectivity index (χ4v) is 4.35. The van der Waals surface area contributed by atoms with Crippen LogP contribution < -0.4 is 24.4 Å². The van der Waals surface area contributed by atoms with Crippen molar-refractivity contribution in [3.05, 3.63) is 66.5 Å². The van der Waals surface area contributed by atoms with Crippen LogP contribution in [0.3, 0.4) is 0 Å². The first kappa shape index (κ1) is 27.2. The molecule has 0 saturated carbocycles. The maximum atomic E-state index is 12.6. The van der Waals surface area contributed by atoms with Crippen LogP contribution in [0.25, 0.3) is 0 Å². The van der Waals surface area contributed by atoms with Gasteiger partial charge in [-0.1, -0.05) is 24.3 Å². The number of carbonyl (C=O) groups excluding carboxylic acids is 1. The highest BCUT2D eigenvalue weighted by Crippen LogP contribution is 2.30. The maximum Gasteiger partial charge on any atom is 0.225 e. The minimum absolute atomic E-state index is 0.00518. The normalized spacial score (nSPS) is 15.6. The SMILES string of the molecule is CCOc1ccccc1OC1CCCN(c2cncc(NC(=O)CCc3ccc(OC(C)(C)C)cc3)n2)C1. The molecule has 1 aromatic heterocycles. The summed E-state index contributed by atoms with van der Waals surface area (Å²) in [5.41, 5.74) is 0.834. The van der Waals surface area contributed by atoms with Crippen LogP contribution in [0.2, 0.25) is 0 Å². The second-order valence-corrected chi connectivity index (χ2v) is 10.4. The quantitative estimate of drug-likeness (QED) is 0.370. The van der Waals surface area contributed by atoms with Crippen LogP contribution in [0.15, 0.2) is 60.9 Å². The molecular weight excluding hydrogens is 480 g/mol. The van der Waals surface area contributed by atoms with Crippen molar-refractivity contribution >= 4 is 17.5 Å². The van der Waals surface area contributed by atoms with E-state index in [4.69, 9.17) is 14.2 Å². The Morgan fingerprint density at radius 2 is 1.84 bits per heavy atom. The first-order chi connectivity index (χ1) is 18.3. The Morgan fingerprint density at radius 3 is 2.58 bits per heavy atom. The van der Waals surface area contributed by atoms with Gasteiger partial charge in [0.25, 0.3) is 0 Å². The number of hydrogen-bond donors (Lipinski definition) is 1. The minimum atomic E-state index is -0.242.